The number of hydrogen-bond donors (Lipinski definition) is 0. The maximum atomic E-state index is 5.95. The summed E-state index contributed by atoms with van der Waals surface area (Å²) in [4.78, 5) is 4.43. The van der Waals surface area contributed by atoms with Crippen molar-refractivity contribution in [2.24, 2.45) is 0 Å². The normalized spacial score (nSPS) is 18.4. The second-order valence-corrected chi connectivity index (χ2v) is 5.43. The molecule has 0 bridgehead atoms. The predicted octanol–water partition coefficient (Wildman–Crippen LogP) is 4.39. The zero-order valence-electron chi connectivity index (χ0n) is 7.97. The van der Waals surface area contributed by atoms with Gasteiger partial charge in [0.2, 0.25) is 0 Å². The van der Waals surface area contributed by atoms with Gasteiger partial charge in [0.25, 0.3) is 0 Å². The average Bonchev–Trinajstić information content (AvgIpc) is 2.23. The van der Waals surface area contributed by atoms with Crippen molar-refractivity contribution in [1.82, 2.24) is 4.98 Å². The molecule has 1 heterocycles. The number of halogens is 2. The minimum atomic E-state index is 0.675. The van der Waals surface area contributed by atoms with Gasteiger partial charge in [-0.25, -0.2) is 0 Å². The van der Waals surface area contributed by atoms with E-state index in [1.807, 2.05) is 0 Å². The van der Waals surface area contributed by atoms with Gasteiger partial charge in [0.15, 0.2) is 0 Å². The Morgan fingerprint density at radius 3 is 2.64 bits per heavy atom. The summed E-state index contributed by atoms with van der Waals surface area (Å²) in [6.45, 7) is 0. The van der Waals surface area contributed by atoms with Crippen molar-refractivity contribution in [3.8, 4) is 0 Å². The topological polar surface area (TPSA) is 12.9 Å². The van der Waals surface area contributed by atoms with Gasteiger partial charge < -0.3 is 0 Å². The highest BCUT2D eigenvalue weighted by molar-refractivity contribution is 14.1. The van der Waals surface area contributed by atoms with Gasteiger partial charge in [-0.05, 0) is 41.5 Å². The third kappa shape index (κ3) is 2.40. The molecule has 76 valence electrons. The first-order chi connectivity index (χ1) is 6.77. The van der Waals surface area contributed by atoms with Gasteiger partial charge in [-0.3, -0.25) is 4.98 Å². The van der Waals surface area contributed by atoms with Crippen molar-refractivity contribution < 1.29 is 0 Å². The fourth-order valence-electron chi connectivity index (χ4n) is 2.05. The molecule has 0 spiro atoms. The van der Waals surface area contributed by atoms with Gasteiger partial charge in [-0.15, -0.1) is 0 Å². The van der Waals surface area contributed by atoms with Crippen LogP contribution in [0.1, 0.15) is 43.7 Å². The molecule has 0 amide bonds. The Balaban J connectivity index is 2.18. The Kier molecular flexibility index (Phi) is 3.66. The van der Waals surface area contributed by atoms with Crippen LogP contribution in [-0.4, -0.2) is 4.98 Å². The molecule has 1 aromatic rings. The Morgan fingerprint density at radius 1 is 1.29 bits per heavy atom. The van der Waals surface area contributed by atoms with Gasteiger partial charge in [-0.1, -0.05) is 30.9 Å². The van der Waals surface area contributed by atoms with Crippen LogP contribution in [-0.2, 0) is 0 Å². The minimum Gasteiger partial charge on any atom is -0.259 e. The quantitative estimate of drug-likeness (QED) is 0.699. The molecule has 14 heavy (non-hydrogen) atoms. The van der Waals surface area contributed by atoms with Crippen LogP contribution in [0, 0.1) is 3.57 Å². The molecule has 0 aromatic carbocycles. The molecule has 0 N–H and O–H groups in total. The van der Waals surface area contributed by atoms with Crippen molar-refractivity contribution in [2.45, 2.75) is 38.0 Å². The lowest BCUT2D eigenvalue weighted by atomic mass is 9.87. The van der Waals surface area contributed by atoms with Gasteiger partial charge in [0, 0.05) is 21.4 Å². The van der Waals surface area contributed by atoms with Crippen LogP contribution < -0.4 is 0 Å². The number of pyridine rings is 1. The second kappa shape index (κ2) is 4.79. The highest BCUT2D eigenvalue weighted by atomic mass is 127. The molecule has 1 saturated carbocycles. The summed E-state index contributed by atoms with van der Waals surface area (Å²) in [5.41, 5.74) is 1.23. The van der Waals surface area contributed by atoms with E-state index in [2.05, 4.69) is 33.6 Å². The van der Waals surface area contributed by atoms with E-state index < -0.39 is 0 Å². The summed E-state index contributed by atoms with van der Waals surface area (Å²) in [6, 6.07) is 2.14. The molecular weight excluding hydrogens is 308 g/mol. The zero-order chi connectivity index (χ0) is 9.97. The first-order valence-electron chi connectivity index (χ1n) is 5.08. The maximum absolute atomic E-state index is 5.95. The third-order valence-electron chi connectivity index (χ3n) is 2.85. The standard InChI is InChI=1S/C11H13ClIN/c12-9-7-14-11(6-10(9)13)8-4-2-1-3-5-8/h6-8H,1-5H2. The number of hydrogen-bond acceptors (Lipinski definition) is 1. The fourth-order valence-corrected chi connectivity index (χ4v) is 2.61. The minimum absolute atomic E-state index is 0.675. The smallest absolute Gasteiger partial charge is 0.0722 e. The highest BCUT2D eigenvalue weighted by Gasteiger charge is 2.17. The van der Waals surface area contributed by atoms with Crippen molar-refractivity contribution in [3.63, 3.8) is 0 Å². The van der Waals surface area contributed by atoms with E-state index in [1.165, 1.54) is 37.8 Å². The van der Waals surface area contributed by atoms with Crippen LogP contribution in [0.15, 0.2) is 12.3 Å². The predicted molar refractivity (Wildman–Crippen MR) is 67.8 cm³/mol. The van der Waals surface area contributed by atoms with Crippen LogP contribution in [0.25, 0.3) is 0 Å². The maximum Gasteiger partial charge on any atom is 0.0722 e. The van der Waals surface area contributed by atoms with Crippen molar-refractivity contribution in [3.05, 3.63) is 26.5 Å². The van der Waals surface area contributed by atoms with E-state index in [0.29, 0.717) is 5.92 Å². The van der Waals surface area contributed by atoms with E-state index in [4.69, 9.17) is 11.6 Å². The highest BCUT2D eigenvalue weighted by Crippen LogP contribution is 2.32. The SMILES string of the molecule is Clc1cnc(C2CCCCC2)cc1I. The summed E-state index contributed by atoms with van der Waals surface area (Å²) in [5.74, 6) is 0.675. The zero-order valence-corrected chi connectivity index (χ0v) is 10.9. The number of rotatable bonds is 1. The second-order valence-electron chi connectivity index (χ2n) is 3.86. The molecule has 0 unspecified atom stereocenters. The summed E-state index contributed by atoms with van der Waals surface area (Å²) in [7, 11) is 0. The Bertz CT molecular complexity index is 321. The molecule has 0 atom stereocenters. The average molecular weight is 322 g/mol. The van der Waals surface area contributed by atoms with Crippen LogP contribution in [0.2, 0.25) is 5.02 Å². The molecule has 1 aliphatic carbocycles. The van der Waals surface area contributed by atoms with Gasteiger partial charge in [-0.2, -0.15) is 0 Å². The van der Waals surface area contributed by atoms with E-state index in [-0.39, 0.29) is 0 Å². The van der Waals surface area contributed by atoms with Crippen LogP contribution >= 0.6 is 34.2 Å². The van der Waals surface area contributed by atoms with Gasteiger partial charge >= 0.3 is 0 Å². The Morgan fingerprint density at radius 2 is 2.00 bits per heavy atom. The number of aromatic nitrogens is 1. The Hall–Kier alpha value is 0.170. The molecule has 2 rings (SSSR count). The molecular formula is C11H13ClIN. The number of nitrogens with zero attached hydrogens (tertiary/aromatic N) is 1. The molecule has 1 aromatic heterocycles. The van der Waals surface area contributed by atoms with Crippen LogP contribution in [0.4, 0.5) is 0 Å². The monoisotopic (exact) mass is 321 g/mol. The van der Waals surface area contributed by atoms with E-state index in [9.17, 15) is 0 Å². The summed E-state index contributed by atoms with van der Waals surface area (Å²) in [6.07, 6.45) is 8.47. The molecule has 1 nitrogen and oxygen atoms in total. The summed E-state index contributed by atoms with van der Waals surface area (Å²) in [5, 5.41) is 0.769. The molecule has 3 heteroatoms. The van der Waals surface area contributed by atoms with Crippen LogP contribution in [0.5, 0.6) is 0 Å². The van der Waals surface area contributed by atoms with Crippen molar-refractivity contribution in [1.29, 1.82) is 0 Å². The van der Waals surface area contributed by atoms with Crippen molar-refractivity contribution in [2.75, 3.05) is 0 Å². The van der Waals surface area contributed by atoms with E-state index in [1.54, 1.807) is 6.20 Å². The largest absolute Gasteiger partial charge is 0.259 e. The molecule has 0 saturated heterocycles. The molecule has 0 aliphatic heterocycles. The Labute approximate surface area is 103 Å². The third-order valence-corrected chi connectivity index (χ3v) is 4.37. The molecule has 1 fully saturated rings. The molecule has 0 radical (unpaired) electrons. The van der Waals surface area contributed by atoms with Crippen molar-refractivity contribution >= 4 is 34.2 Å². The summed E-state index contributed by atoms with van der Waals surface area (Å²) >= 11 is 8.22. The fraction of sp³-hybridized carbons (Fsp3) is 0.545. The lowest BCUT2D eigenvalue weighted by Gasteiger charge is -2.21. The lowest BCUT2D eigenvalue weighted by Crippen LogP contribution is -2.06. The van der Waals surface area contributed by atoms with Gasteiger partial charge in [0.1, 0.15) is 0 Å². The first-order valence-corrected chi connectivity index (χ1v) is 6.54. The van der Waals surface area contributed by atoms with Crippen LogP contribution in [0.3, 0.4) is 0 Å². The van der Waals surface area contributed by atoms with E-state index >= 15 is 0 Å². The lowest BCUT2D eigenvalue weighted by molar-refractivity contribution is 0.436. The van der Waals surface area contributed by atoms with E-state index in [0.717, 1.165) is 8.59 Å². The van der Waals surface area contributed by atoms with Gasteiger partial charge in [0.05, 0.1) is 5.02 Å². The summed E-state index contributed by atoms with van der Waals surface area (Å²) < 4.78 is 1.12. The molecule has 1 aliphatic rings. The first kappa shape index (κ1) is 10.7.